The molecule has 0 radical (unpaired) electrons. The number of fused-ring (bicyclic) bond motifs is 1. The molecule has 1 heterocycles. The van der Waals surface area contributed by atoms with E-state index in [1.807, 2.05) is 41.3 Å². The largest absolute Gasteiger partial charge is 0.492 e. The van der Waals surface area contributed by atoms with Gasteiger partial charge in [-0.25, -0.2) is 0 Å². The number of carbonyl (C=O) groups excluding carboxylic acids is 1. The van der Waals surface area contributed by atoms with E-state index in [9.17, 15) is 4.79 Å². The minimum atomic E-state index is -0.0994. The van der Waals surface area contributed by atoms with E-state index >= 15 is 0 Å². The molecule has 2 unspecified atom stereocenters. The van der Waals surface area contributed by atoms with Crippen LogP contribution in [0.2, 0.25) is 0 Å². The van der Waals surface area contributed by atoms with Gasteiger partial charge >= 0.3 is 0 Å². The van der Waals surface area contributed by atoms with Crippen LogP contribution in [0.25, 0.3) is 0 Å². The van der Waals surface area contributed by atoms with Crippen molar-refractivity contribution in [2.45, 2.75) is 39.3 Å². The number of rotatable bonds is 5. The van der Waals surface area contributed by atoms with Gasteiger partial charge in [-0.3, -0.25) is 4.79 Å². The van der Waals surface area contributed by atoms with Crippen molar-refractivity contribution < 1.29 is 9.53 Å². The van der Waals surface area contributed by atoms with Gasteiger partial charge in [0, 0.05) is 12.6 Å². The Kier molecular flexibility index (Phi) is 5.19. The summed E-state index contributed by atoms with van der Waals surface area (Å²) in [4.78, 5) is 15.2. The molecule has 126 valence electrons. The van der Waals surface area contributed by atoms with Crippen molar-refractivity contribution in [3.05, 3.63) is 65.7 Å². The van der Waals surface area contributed by atoms with E-state index < -0.39 is 0 Å². The Morgan fingerprint density at radius 1 is 1.17 bits per heavy atom. The maximum Gasteiger partial charge on any atom is 0.230 e. The lowest BCUT2D eigenvalue weighted by atomic mass is 9.94. The average Bonchev–Trinajstić information content (AvgIpc) is 2.65. The topological polar surface area (TPSA) is 29.5 Å². The molecule has 1 aliphatic heterocycles. The fraction of sp³-hybridized carbons (Fsp3) is 0.381. The van der Waals surface area contributed by atoms with Gasteiger partial charge in [-0.1, -0.05) is 55.5 Å². The lowest BCUT2D eigenvalue weighted by Crippen LogP contribution is -2.44. The van der Waals surface area contributed by atoms with Gasteiger partial charge in [-0.15, -0.1) is 0 Å². The molecule has 0 aromatic heterocycles. The quantitative estimate of drug-likeness (QED) is 0.830. The predicted molar refractivity (Wildman–Crippen MR) is 95.9 cm³/mol. The Morgan fingerprint density at radius 3 is 2.62 bits per heavy atom. The molecule has 0 spiro atoms. The molecule has 0 N–H and O–H groups in total. The molecule has 3 rings (SSSR count). The zero-order valence-corrected chi connectivity index (χ0v) is 14.4. The van der Waals surface area contributed by atoms with Crippen molar-refractivity contribution in [1.29, 1.82) is 0 Å². The maximum atomic E-state index is 13.2. The summed E-state index contributed by atoms with van der Waals surface area (Å²) in [5.41, 5.74) is 2.30. The Hall–Kier alpha value is -2.29. The third kappa shape index (κ3) is 3.61. The van der Waals surface area contributed by atoms with E-state index in [0.29, 0.717) is 13.2 Å². The minimum absolute atomic E-state index is 0.0994. The number of amides is 1. The zero-order valence-electron chi connectivity index (χ0n) is 14.4. The summed E-state index contributed by atoms with van der Waals surface area (Å²) < 4.78 is 5.82. The number of hydrogen-bond acceptors (Lipinski definition) is 2. The number of ether oxygens (including phenoxy) is 1. The van der Waals surface area contributed by atoms with Crippen molar-refractivity contribution in [2.24, 2.45) is 5.92 Å². The molecule has 0 fully saturated rings. The second-order valence-electron chi connectivity index (χ2n) is 6.53. The van der Waals surface area contributed by atoms with Crippen molar-refractivity contribution >= 4 is 5.91 Å². The van der Waals surface area contributed by atoms with Crippen LogP contribution in [0.15, 0.2) is 54.6 Å². The van der Waals surface area contributed by atoms with Crippen LogP contribution in [0.5, 0.6) is 5.75 Å². The van der Waals surface area contributed by atoms with E-state index in [1.54, 1.807) is 0 Å². The van der Waals surface area contributed by atoms with E-state index in [2.05, 4.69) is 32.0 Å². The first-order valence-electron chi connectivity index (χ1n) is 8.74. The van der Waals surface area contributed by atoms with Gasteiger partial charge in [-0.05, 0) is 37.0 Å². The van der Waals surface area contributed by atoms with Gasteiger partial charge in [0.2, 0.25) is 5.91 Å². The van der Waals surface area contributed by atoms with Gasteiger partial charge in [0.15, 0.2) is 0 Å². The lowest BCUT2D eigenvalue weighted by molar-refractivity contribution is -0.139. The number of carbonyl (C=O) groups is 1. The zero-order chi connectivity index (χ0) is 16.9. The third-order valence-electron chi connectivity index (χ3n) is 4.83. The van der Waals surface area contributed by atoms with E-state index in [-0.39, 0.29) is 17.9 Å². The first-order chi connectivity index (χ1) is 11.7. The van der Waals surface area contributed by atoms with Crippen LogP contribution in [0, 0.1) is 5.92 Å². The summed E-state index contributed by atoms with van der Waals surface area (Å²) in [6.45, 7) is 5.38. The molecule has 2 aromatic carbocycles. The summed E-state index contributed by atoms with van der Waals surface area (Å²) in [5, 5.41) is 0. The Balaban J connectivity index is 1.77. The third-order valence-corrected chi connectivity index (χ3v) is 4.83. The van der Waals surface area contributed by atoms with E-state index in [0.717, 1.165) is 24.2 Å². The van der Waals surface area contributed by atoms with E-state index in [1.165, 1.54) is 5.56 Å². The number of nitrogens with zero attached hydrogens (tertiary/aromatic N) is 1. The highest BCUT2D eigenvalue weighted by molar-refractivity contribution is 5.80. The normalized spacial score (nSPS) is 17.5. The van der Waals surface area contributed by atoms with Crippen LogP contribution < -0.4 is 4.74 Å². The molecule has 2 atom stereocenters. The SMILES string of the molecule is CCC(C)N(Cc1ccccc1)C(=O)C1COc2ccccc2C1. The monoisotopic (exact) mass is 323 g/mol. The van der Waals surface area contributed by atoms with Crippen molar-refractivity contribution in [1.82, 2.24) is 4.90 Å². The molecule has 3 heteroatoms. The fourth-order valence-electron chi connectivity index (χ4n) is 3.17. The Bertz CT molecular complexity index is 683. The Labute approximate surface area is 144 Å². The van der Waals surface area contributed by atoms with Crippen molar-refractivity contribution in [3.8, 4) is 5.75 Å². The van der Waals surface area contributed by atoms with Crippen LogP contribution in [0.4, 0.5) is 0 Å². The second-order valence-corrected chi connectivity index (χ2v) is 6.53. The van der Waals surface area contributed by atoms with Gasteiger partial charge in [0.1, 0.15) is 12.4 Å². The van der Waals surface area contributed by atoms with Gasteiger partial charge in [-0.2, -0.15) is 0 Å². The minimum Gasteiger partial charge on any atom is -0.492 e. The molecular weight excluding hydrogens is 298 g/mol. The maximum absolute atomic E-state index is 13.2. The highest BCUT2D eigenvalue weighted by atomic mass is 16.5. The molecule has 2 aromatic rings. The highest BCUT2D eigenvalue weighted by Gasteiger charge is 2.31. The first-order valence-corrected chi connectivity index (χ1v) is 8.74. The van der Waals surface area contributed by atoms with Gasteiger partial charge in [0.05, 0.1) is 5.92 Å². The summed E-state index contributed by atoms with van der Waals surface area (Å²) in [6, 6.07) is 18.4. The molecule has 3 nitrogen and oxygen atoms in total. The van der Waals surface area contributed by atoms with Crippen LogP contribution in [-0.2, 0) is 17.8 Å². The molecule has 1 amide bonds. The molecule has 24 heavy (non-hydrogen) atoms. The summed E-state index contributed by atoms with van der Waals surface area (Å²) in [7, 11) is 0. The van der Waals surface area contributed by atoms with E-state index in [4.69, 9.17) is 4.74 Å². The summed E-state index contributed by atoms with van der Waals surface area (Å²) >= 11 is 0. The average molecular weight is 323 g/mol. The second kappa shape index (κ2) is 7.52. The number of hydrogen-bond donors (Lipinski definition) is 0. The molecule has 0 bridgehead atoms. The number of benzene rings is 2. The Morgan fingerprint density at radius 2 is 1.88 bits per heavy atom. The van der Waals surface area contributed by atoms with Crippen LogP contribution in [-0.4, -0.2) is 23.5 Å². The molecular formula is C21H25NO2. The lowest BCUT2D eigenvalue weighted by Gasteiger charge is -2.34. The van der Waals surface area contributed by atoms with Crippen molar-refractivity contribution in [2.75, 3.05) is 6.61 Å². The van der Waals surface area contributed by atoms with Gasteiger partial charge < -0.3 is 9.64 Å². The molecule has 0 saturated heterocycles. The number of para-hydroxylation sites is 1. The summed E-state index contributed by atoms with van der Waals surface area (Å²) in [5.74, 6) is 1.01. The van der Waals surface area contributed by atoms with Crippen LogP contribution in [0.1, 0.15) is 31.4 Å². The fourth-order valence-corrected chi connectivity index (χ4v) is 3.17. The molecule has 0 aliphatic carbocycles. The van der Waals surface area contributed by atoms with Gasteiger partial charge in [0.25, 0.3) is 0 Å². The smallest absolute Gasteiger partial charge is 0.230 e. The van der Waals surface area contributed by atoms with Crippen LogP contribution >= 0.6 is 0 Å². The first kappa shape index (κ1) is 16.6. The standard InChI is InChI=1S/C21H25NO2/c1-3-16(2)22(14-17-9-5-4-6-10-17)21(23)19-13-18-11-7-8-12-20(18)24-15-19/h4-12,16,19H,3,13-15H2,1-2H3. The van der Waals surface area contributed by atoms with Crippen molar-refractivity contribution in [3.63, 3.8) is 0 Å². The predicted octanol–water partition coefficient (Wildman–Crippen LogP) is 4.07. The molecule has 1 aliphatic rings. The summed E-state index contributed by atoms with van der Waals surface area (Å²) in [6.07, 6.45) is 1.71. The van der Waals surface area contributed by atoms with Crippen LogP contribution in [0.3, 0.4) is 0 Å². The molecule has 0 saturated carbocycles. The highest BCUT2D eigenvalue weighted by Crippen LogP contribution is 2.28.